The van der Waals surface area contributed by atoms with Gasteiger partial charge in [0.1, 0.15) is 0 Å². The van der Waals surface area contributed by atoms with Crippen LogP contribution in [0.2, 0.25) is 0 Å². The average Bonchev–Trinajstić information content (AvgIpc) is 2.87. The van der Waals surface area contributed by atoms with Gasteiger partial charge in [0.25, 0.3) is 5.95 Å². The van der Waals surface area contributed by atoms with Gasteiger partial charge < -0.3 is 14.3 Å². The zero-order valence-corrected chi connectivity index (χ0v) is 13.0. The lowest BCUT2D eigenvalue weighted by Gasteiger charge is -2.21. The molecule has 1 fully saturated rings. The molecule has 2 aromatic rings. The third-order valence-corrected chi connectivity index (χ3v) is 3.69. The number of aromatic nitrogens is 4. The molecule has 0 bridgehead atoms. The summed E-state index contributed by atoms with van der Waals surface area (Å²) in [4.78, 5) is 10.8. The molecule has 1 aliphatic rings. The highest BCUT2D eigenvalue weighted by atomic mass is 16.5. The largest absolute Gasteiger partial charge is 0.354 e. The van der Waals surface area contributed by atoms with Crippen molar-refractivity contribution in [2.75, 3.05) is 50.1 Å². The van der Waals surface area contributed by atoms with Crippen LogP contribution in [0.5, 0.6) is 0 Å². The van der Waals surface area contributed by atoms with Gasteiger partial charge in [-0.05, 0) is 23.7 Å². The van der Waals surface area contributed by atoms with Crippen molar-refractivity contribution in [2.45, 2.75) is 13.0 Å². The second-order valence-corrected chi connectivity index (χ2v) is 5.58. The van der Waals surface area contributed by atoms with Crippen LogP contribution in [0.4, 0.5) is 11.8 Å². The van der Waals surface area contributed by atoms with E-state index in [0.717, 1.165) is 38.4 Å². The summed E-state index contributed by atoms with van der Waals surface area (Å²) in [5.41, 5.74) is 0. The van der Waals surface area contributed by atoms with Crippen molar-refractivity contribution < 1.29 is 4.52 Å². The topological polar surface area (TPSA) is 74.4 Å². The quantitative estimate of drug-likeness (QED) is 0.814. The van der Waals surface area contributed by atoms with Gasteiger partial charge in [-0.15, -0.1) is 5.10 Å². The van der Waals surface area contributed by atoms with Crippen molar-refractivity contribution in [1.82, 2.24) is 25.2 Å². The molecule has 0 N–H and O–H groups in total. The third kappa shape index (κ3) is 3.51. The Labute approximate surface area is 129 Å². The molecule has 0 radical (unpaired) electrons. The number of anilines is 2. The molecule has 0 saturated carbocycles. The zero-order chi connectivity index (χ0) is 15.4. The van der Waals surface area contributed by atoms with Gasteiger partial charge in [0.2, 0.25) is 5.89 Å². The van der Waals surface area contributed by atoms with Crippen LogP contribution < -0.4 is 9.80 Å². The SMILES string of the molecule is CN(C)c1noc(CN2CCCN(c3cccnn3)CC2)n1. The van der Waals surface area contributed by atoms with Crippen molar-refractivity contribution in [3.05, 3.63) is 24.2 Å². The van der Waals surface area contributed by atoms with Crippen molar-refractivity contribution in [1.29, 1.82) is 0 Å². The first kappa shape index (κ1) is 14.7. The first-order valence-corrected chi connectivity index (χ1v) is 7.47. The van der Waals surface area contributed by atoms with Crippen LogP contribution in [-0.4, -0.2) is 65.5 Å². The Hall–Kier alpha value is -2.22. The smallest absolute Gasteiger partial charge is 0.265 e. The highest BCUT2D eigenvalue weighted by molar-refractivity contribution is 5.36. The molecule has 3 rings (SSSR count). The van der Waals surface area contributed by atoms with Crippen LogP contribution in [-0.2, 0) is 6.54 Å². The predicted molar refractivity (Wildman–Crippen MR) is 82.8 cm³/mol. The Bertz CT molecular complexity index is 586. The number of hydrogen-bond donors (Lipinski definition) is 0. The van der Waals surface area contributed by atoms with E-state index in [2.05, 4.69) is 30.1 Å². The standard InChI is InChI=1S/C14H21N7O/c1-19(2)14-16-13(22-18-14)11-20-7-4-8-21(10-9-20)12-5-3-6-15-17-12/h3,5-6H,4,7-11H2,1-2H3. The predicted octanol–water partition coefficient (Wildman–Crippen LogP) is 0.638. The number of nitrogens with zero attached hydrogens (tertiary/aromatic N) is 7. The molecule has 22 heavy (non-hydrogen) atoms. The molecule has 1 saturated heterocycles. The molecule has 2 aromatic heterocycles. The molecule has 0 spiro atoms. The maximum absolute atomic E-state index is 5.30. The van der Waals surface area contributed by atoms with Gasteiger partial charge >= 0.3 is 0 Å². The maximum atomic E-state index is 5.30. The fraction of sp³-hybridized carbons (Fsp3) is 0.571. The molecule has 0 atom stereocenters. The monoisotopic (exact) mass is 303 g/mol. The summed E-state index contributed by atoms with van der Waals surface area (Å²) < 4.78 is 5.30. The van der Waals surface area contributed by atoms with Gasteiger partial charge in [-0.3, -0.25) is 4.90 Å². The minimum Gasteiger partial charge on any atom is -0.354 e. The third-order valence-electron chi connectivity index (χ3n) is 3.69. The average molecular weight is 303 g/mol. The second kappa shape index (κ2) is 6.69. The Morgan fingerprint density at radius 2 is 2.14 bits per heavy atom. The summed E-state index contributed by atoms with van der Waals surface area (Å²) in [6.45, 7) is 4.55. The Balaban J connectivity index is 1.58. The molecular weight excluding hydrogens is 282 g/mol. The van der Waals surface area contributed by atoms with Gasteiger partial charge in [-0.2, -0.15) is 10.1 Å². The summed E-state index contributed by atoms with van der Waals surface area (Å²) >= 11 is 0. The Kier molecular flexibility index (Phi) is 4.47. The summed E-state index contributed by atoms with van der Waals surface area (Å²) in [5, 5.41) is 12.1. The summed E-state index contributed by atoms with van der Waals surface area (Å²) in [6, 6.07) is 3.93. The lowest BCUT2D eigenvalue weighted by atomic mass is 10.3. The fourth-order valence-electron chi connectivity index (χ4n) is 2.50. The van der Waals surface area contributed by atoms with E-state index < -0.39 is 0 Å². The van der Waals surface area contributed by atoms with Crippen LogP contribution in [0.25, 0.3) is 0 Å². The molecule has 0 aromatic carbocycles. The van der Waals surface area contributed by atoms with E-state index in [1.165, 1.54) is 0 Å². The highest BCUT2D eigenvalue weighted by Gasteiger charge is 2.18. The maximum Gasteiger partial charge on any atom is 0.265 e. The van der Waals surface area contributed by atoms with Crippen LogP contribution in [0.15, 0.2) is 22.9 Å². The summed E-state index contributed by atoms with van der Waals surface area (Å²) in [7, 11) is 3.80. The van der Waals surface area contributed by atoms with E-state index in [4.69, 9.17) is 4.52 Å². The molecule has 0 aliphatic carbocycles. The number of hydrogen-bond acceptors (Lipinski definition) is 8. The van der Waals surface area contributed by atoms with Crippen molar-refractivity contribution >= 4 is 11.8 Å². The second-order valence-electron chi connectivity index (χ2n) is 5.58. The van der Waals surface area contributed by atoms with E-state index in [9.17, 15) is 0 Å². The Morgan fingerprint density at radius 3 is 2.86 bits per heavy atom. The van der Waals surface area contributed by atoms with Gasteiger partial charge in [-0.25, -0.2) is 0 Å². The first-order valence-electron chi connectivity index (χ1n) is 7.47. The van der Waals surface area contributed by atoms with E-state index in [1.54, 1.807) is 6.20 Å². The molecule has 8 nitrogen and oxygen atoms in total. The van der Waals surface area contributed by atoms with Crippen molar-refractivity contribution in [3.8, 4) is 0 Å². The molecule has 3 heterocycles. The molecule has 0 amide bonds. The molecule has 118 valence electrons. The fourth-order valence-corrected chi connectivity index (χ4v) is 2.50. The molecule has 1 aliphatic heterocycles. The summed E-state index contributed by atoms with van der Waals surface area (Å²) in [6.07, 6.45) is 2.77. The van der Waals surface area contributed by atoms with Gasteiger partial charge in [0, 0.05) is 46.5 Å². The van der Waals surface area contributed by atoms with Gasteiger partial charge in [0.15, 0.2) is 5.82 Å². The van der Waals surface area contributed by atoms with Crippen LogP contribution in [0.1, 0.15) is 12.3 Å². The molecule has 8 heteroatoms. The highest BCUT2D eigenvalue weighted by Crippen LogP contribution is 2.14. The van der Waals surface area contributed by atoms with Gasteiger partial charge in [0.05, 0.1) is 6.54 Å². The molecular formula is C14H21N7O. The lowest BCUT2D eigenvalue weighted by molar-refractivity contribution is 0.239. The minimum absolute atomic E-state index is 0.617. The molecule has 0 unspecified atom stereocenters. The number of rotatable bonds is 4. The Morgan fingerprint density at radius 1 is 1.23 bits per heavy atom. The van der Waals surface area contributed by atoms with E-state index in [1.807, 2.05) is 31.1 Å². The normalized spacial score (nSPS) is 16.5. The van der Waals surface area contributed by atoms with Crippen LogP contribution in [0, 0.1) is 0 Å². The lowest BCUT2D eigenvalue weighted by Crippen LogP contribution is -2.31. The van der Waals surface area contributed by atoms with Crippen LogP contribution in [0.3, 0.4) is 0 Å². The van der Waals surface area contributed by atoms with Gasteiger partial charge in [-0.1, -0.05) is 0 Å². The van der Waals surface area contributed by atoms with Crippen LogP contribution >= 0.6 is 0 Å². The van der Waals surface area contributed by atoms with E-state index in [0.29, 0.717) is 18.4 Å². The van der Waals surface area contributed by atoms with E-state index >= 15 is 0 Å². The first-order chi connectivity index (χ1) is 10.7. The van der Waals surface area contributed by atoms with Crippen molar-refractivity contribution in [3.63, 3.8) is 0 Å². The van der Waals surface area contributed by atoms with E-state index in [-0.39, 0.29) is 0 Å². The van der Waals surface area contributed by atoms with Crippen molar-refractivity contribution in [2.24, 2.45) is 0 Å². The minimum atomic E-state index is 0.617. The summed E-state index contributed by atoms with van der Waals surface area (Å²) in [5.74, 6) is 2.22. The zero-order valence-electron chi connectivity index (χ0n) is 13.0.